The van der Waals surface area contributed by atoms with E-state index in [-0.39, 0.29) is 35.2 Å². The van der Waals surface area contributed by atoms with Crippen molar-refractivity contribution in [3.05, 3.63) is 53.9 Å². The smallest absolute Gasteiger partial charge is 0.269 e. The molecule has 1 saturated heterocycles. The zero-order valence-corrected chi connectivity index (χ0v) is 18.7. The van der Waals surface area contributed by atoms with Crippen LogP contribution in [0.25, 0.3) is 0 Å². The molecular formula is C23H28N4O5. The second-order valence-corrected chi connectivity index (χ2v) is 7.56. The minimum absolute atomic E-state index is 0.0409. The first-order valence-electron chi connectivity index (χ1n) is 10.4. The van der Waals surface area contributed by atoms with Gasteiger partial charge in [-0.3, -0.25) is 14.4 Å². The average Bonchev–Trinajstić information content (AvgIpc) is 2.83. The van der Waals surface area contributed by atoms with Crippen molar-refractivity contribution in [1.82, 2.24) is 20.1 Å². The van der Waals surface area contributed by atoms with Crippen LogP contribution in [0.2, 0.25) is 0 Å². The lowest BCUT2D eigenvalue weighted by molar-refractivity contribution is -0.142. The highest BCUT2D eigenvalue weighted by Gasteiger charge is 2.33. The molecule has 1 aromatic carbocycles. The number of nitrogens with zero attached hydrogens (tertiary/aromatic N) is 3. The molecule has 1 fully saturated rings. The van der Waals surface area contributed by atoms with E-state index in [2.05, 4.69) is 10.3 Å². The van der Waals surface area contributed by atoms with E-state index in [4.69, 9.17) is 9.47 Å². The largest absolute Gasteiger partial charge is 0.493 e. The number of pyridine rings is 1. The Bertz CT molecular complexity index is 982. The molecule has 3 rings (SSSR count). The van der Waals surface area contributed by atoms with Crippen LogP contribution in [-0.2, 0) is 4.79 Å². The molecule has 0 radical (unpaired) electrons. The maximum Gasteiger partial charge on any atom is 0.269 e. The summed E-state index contributed by atoms with van der Waals surface area (Å²) in [7, 11) is 2.96. The summed E-state index contributed by atoms with van der Waals surface area (Å²) in [6.07, 6.45) is 0.572. The summed E-state index contributed by atoms with van der Waals surface area (Å²) >= 11 is 0. The number of aromatic nitrogens is 1. The number of rotatable bonds is 6. The topological polar surface area (TPSA) is 101 Å². The average molecular weight is 441 g/mol. The third kappa shape index (κ3) is 4.99. The van der Waals surface area contributed by atoms with Crippen molar-refractivity contribution in [2.75, 3.05) is 33.8 Å². The Morgan fingerprint density at radius 2 is 1.88 bits per heavy atom. The van der Waals surface area contributed by atoms with Gasteiger partial charge in [0, 0.05) is 44.4 Å². The summed E-state index contributed by atoms with van der Waals surface area (Å²) in [6, 6.07) is 10.4. The van der Waals surface area contributed by atoms with Crippen molar-refractivity contribution < 1.29 is 23.9 Å². The van der Waals surface area contributed by atoms with Gasteiger partial charge >= 0.3 is 0 Å². The normalized spacial score (nSPS) is 16.8. The van der Waals surface area contributed by atoms with Gasteiger partial charge in [-0.25, -0.2) is 4.98 Å². The predicted octanol–water partition coefficient (Wildman–Crippen LogP) is 1.59. The third-order valence-electron chi connectivity index (χ3n) is 5.38. The lowest BCUT2D eigenvalue weighted by Crippen LogP contribution is -2.57. The van der Waals surface area contributed by atoms with E-state index in [1.54, 1.807) is 28.9 Å². The van der Waals surface area contributed by atoms with E-state index in [1.165, 1.54) is 26.4 Å². The number of carbonyl (C=O) groups excluding carboxylic acids is 3. The van der Waals surface area contributed by atoms with E-state index in [9.17, 15) is 14.4 Å². The van der Waals surface area contributed by atoms with Gasteiger partial charge in [-0.05, 0) is 26.0 Å². The maximum atomic E-state index is 13.1. The maximum absolute atomic E-state index is 13.1. The molecule has 0 saturated carbocycles. The molecule has 0 aliphatic carbocycles. The van der Waals surface area contributed by atoms with Crippen LogP contribution in [-0.4, -0.2) is 78.4 Å². The molecule has 0 spiro atoms. The second kappa shape index (κ2) is 10.1. The molecule has 9 nitrogen and oxygen atoms in total. The van der Waals surface area contributed by atoms with Crippen molar-refractivity contribution in [1.29, 1.82) is 0 Å². The molecular weight excluding hydrogens is 412 g/mol. The molecule has 170 valence electrons. The van der Waals surface area contributed by atoms with Crippen LogP contribution in [0.4, 0.5) is 0 Å². The number of hydrogen-bond donors (Lipinski definition) is 1. The SMILES string of the molecule is CNC(=O)c1cc(OC)c(OC(C)C(=O)N2CCN(C(=O)c3ccccc3)C[C@H]2C)cn1. The minimum Gasteiger partial charge on any atom is -0.493 e. The number of ether oxygens (including phenoxy) is 2. The quantitative estimate of drug-likeness (QED) is 0.732. The predicted molar refractivity (Wildman–Crippen MR) is 118 cm³/mol. The number of methoxy groups -OCH3 is 1. The first-order valence-corrected chi connectivity index (χ1v) is 10.4. The van der Waals surface area contributed by atoms with E-state index >= 15 is 0 Å². The van der Waals surface area contributed by atoms with Gasteiger partial charge in [-0.2, -0.15) is 0 Å². The fourth-order valence-corrected chi connectivity index (χ4v) is 3.63. The van der Waals surface area contributed by atoms with E-state index < -0.39 is 6.10 Å². The summed E-state index contributed by atoms with van der Waals surface area (Å²) in [5, 5.41) is 2.49. The molecule has 0 bridgehead atoms. The first-order chi connectivity index (χ1) is 15.3. The molecule has 1 N–H and O–H groups in total. The molecule has 9 heteroatoms. The Morgan fingerprint density at radius 1 is 1.16 bits per heavy atom. The lowest BCUT2D eigenvalue weighted by atomic mass is 10.1. The van der Waals surface area contributed by atoms with Gasteiger partial charge in [0.2, 0.25) is 0 Å². The fraction of sp³-hybridized carbons (Fsp3) is 0.391. The second-order valence-electron chi connectivity index (χ2n) is 7.56. The number of piperazine rings is 1. The van der Waals surface area contributed by atoms with Crippen LogP contribution in [0, 0.1) is 0 Å². The molecule has 1 aromatic heterocycles. The highest BCUT2D eigenvalue weighted by atomic mass is 16.5. The Labute approximate surface area is 187 Å². The molecule has 2 aromatic rings. The van der Waals surface area contributed by atoms with Crippen LogP contribution in [0.1, 0.15) is 34.7 Å². The summed E-state index contributed by atoms with van der Waals surface area (Å²) in [5.74, 6) is -0.00514. The van der Waals surface area contributed by atoms with Crippen LogP contribution >= 0.6 is 0 Å². The molecule has 1 aliphatic rings. The zero-order chi connectivity index (χ0) is 23.3. The molecule has 2 atom stereocenters. The Kier molecular flexibility index (Phi) is 7.29. The van der Waals surface area contributed by atoms with Crippen LogP contribution < -0.4 is 14.8 Å². The molecule has 3 amide bonds. The number of nitrogens with one attached hydrogen (secondary N) is 1. The number of carbonyl (C=O) groups is 3. The van der Waals surface area contributed by atoms with Crippen LogP contribution in [0.3, 0.4) is 0 Å². The van der Waals surface area contributed by atoms with E-state index in [0.29, 0.717) is 30.9 Å². The van der Waals surface area contributed by atoms with Gasteiger partial charge < -0.3 is 24.6 Å². The van der Waals surface area contributed by atoms with E-state index in [0.717, 1.165) is 0 Å². The minimum atomic E-state index is -0.796. The van der Waals surface area contributed by atoms with Gasteiger partial charge in [0.05, 0.1) is 13.3 Å². The highest BCUT2D eigenvalue weighted by Crippen LogP contribution is 2.28. The van der Waals surface area contributed by atoms with Crippen molar-refractivity contribution >= 4 is 17.7 Å². The molecule has 32 heavy (non-hydrogen) atoms. The third-order valence-corrected chi connectivity index (χ3v) is 5.38. The number of hydrogen-bond acceptors (Lipinski definition) is 6. The van der Waals surface area contributed by atoms with Crippen molar-refractivity contribution in [2.24, 2.45) is 0 Å². The summed E-state index contributed by atoms with van der Waals surface area (Å²) < 4.78 is 11.1. The standard InChI is InChI=1S/C23H28N4O5/c1-15-14-26(23(30)17-8-6-5-7-9-17)10-11-27(15)22(29)16(2)32-20-13-25-18(21(28)24-3)12-19(20)31-4/h5-9,12-13,15-16H,10-11,14H2,1-4H3,(H,24,28)/t15-,16?/m1/s1. The summed E-state index contributed by atoms with van der Waals surface area (Å²) in [6.45, 7) is 4.87. The first kappa shape index (κ1) is 23.1. The molecule has 1 aliphatic heterocycles. The summed E-state index contributed by atoms with van der Waals surface area (Å²) in [4.78, 5) is 45.1. The Morgan fingerprint density at radius 3 is 2.50 bits per heavy atom. The molecule has 2 heterocycles. The van der Waals surface area contributed by atoms with Crippen LogP contribution in [0.5, 0.6) is 11.5 Å². The van der Waals surface area contributed by atoms with Gasteiger partial charge in [0.25, 0.3) is 17.7 Å². The Hall–Kier alpha value is -3.62. The summed E-state index contributed by atoms with van der Waals surface area (Å²) in [5.41, 5.74) is 0.819. The van der Waals surface area contributed by atoms with Crippen molar-refractivity contribution in [3.63, 3.8) is 0 Å². The van der Waals surface area contributed by atoms with Crippen molar-refractivity contribution in [3.8, 4) is 11.5 Å². The monoisotopic (exact) mass is 440 g/mol. The van der Waals surface area contributed by atoms with Gasteiger partial charge in [-0.1, -0.05) is 18.2 Å². The van der Waals surface area contributed by atoms with Crippen LogP contribution in [0.15, 0.2) is 42.6 Å². The van der Waals surface area contributed by atoms with Gasteiger partial charge in [0.15, 0.2) is 17.6 Å². The van der Waals surface area contributed by atoms with Gasteiger partial charge in [-0.15, -0.1) is 0 Å². The van der Waals surface area contributed by atoms with Crippen molar-refractivity contribution in [2.45, 2.75) is 26.0 Å². The lowest BCUT2D eigenvalue weighted by Gasteiger charge is -2.40. The van der Waals surface area contributed by atoms with Gasteiger partial charge in [0.1, 0.15) is 5.69 Å². The number of benzene rings is 1. The highest BCUT2D eigenvalue weighted by molar-refractivity contribution is 5.94. The zero-order valence-electron chi connectivity index (χ0n) is 18.7. The fourth-order valence-electron chi connectivity index (χ4n) is 3.63. The molecule has 1 unspecified atom stereocenters. The van der Waals surface area contributed by atoms with E-state index in [1.807, 2.05) is 25.1 Å². The Balaban J connectivity index is 1.64. The number of amides is 3.